The van der Waals surface area contributed by atoms with Crippen molar-refractivity contribution in [1.29, 1.82) is 10.5 Å². The molecular formula is C19H11FN5+. The summed E-state index contributed by atoms with van der Waals surface area (Å²) in [5, 5.41) is 19.4. The molecule has 0 radical (unpaired) electrons. The third-order valence-electron chi connectivity index (χ3n) is 4.22. The van der Waals surface area contributed by atoms with Crippen molar-refractivity contribution >= 4 is 22.5 Å². The number of para-hydroxylation sites is 2. The topological polar surface area (TPSA) is 93.5 Å². The van der Waals surface area contributed by atoms with Gasteiger partial charge in [-0.05, 0) is 18.2 Å². The van der Waals surface area contributed by atoms with E-state index in [9.17, 15) is 14.9 Å². The van der Waals surface area contributed by atoms with E-state index in [-0.39, 0.29) is 28.1 Å². The van der Waals surface area contributed by atoms with Crippen molar-refractivity contribution in [3.8, 4) is 23.3 Å². The molecule has 0 aliphatic rings. The number of fused-ring (bicyclic) bond motifs is 3. The predicted octanol–water partition coefficient (Wildman–Crippen LogP) is 3.04. The van der Waals surface area contributed by atoms with Gasteiger partial charge in [-0.25, -0.2) is 4.39 Å². The number of nitrogens with two attached hydrogens (primary N) is 1. The van der Waals surface area contributed by atoms with Crippen molar-refractivity contribution in [2.75, 3.05) is 5.73 Å². The lowest BCUT2D eigenvalue weighted by atomic mass is 9.96. The zero-order valence-corrected chi connectivity index (χ0v) is 12.9. The second-order valence-electron chi connectivity index (χ2n) is 5.54. The van der Waals surface area contributed by atoms with Gasteiger partial charge in [0.05, 0.1) is 0 Å². The molecule has 0 aliphatic carbocycles. The second kappa shape index (κ2) is 5.33. The van der Waals surface area contributed by atoms with Gasteiger partial charge in [0.15, 0.2) is 0 Å². The van der Waals surface area contributed by atoms with Crippen LogP contribution in [0.1, 0.15) is 11.1 Å². The highest BCUT2D eigenvalue weighted by molar-refractivity contribution is 5.87. The molecule has 3 N–H and O–H groups in total. The Hall–Kier alpha value is -3.90. The number of nitrogens with zero attached hydrogens (tertiary/aromatic N) is 3. The molecule has 0 aliphatic heterocycles. The van der Waals surface area contributed by atoms with E-state index < -0.39 is 5.82 Å². The number of nitrogens with one attached hydrogen (secondary N) is 1. The Balaban J connectivity index is 2.29. The SMILES string of the molecule is N#Cc1c(-c2ccccc2F)c(C#N)c2[nH]c3ccccc3[n+]2c1N. The minimum atomic E-state index is -0.518. The first-order chi connectivity index (χ1) is 12.2. The normalized spacial score (nSPS) is 10.7. The van der Waals surface area contributed by atoms with E-state index in [4.69, 9.17) is 5.73 Å². The summed E-state index contributed by atoms with van der Waals surface area (Å²) >= 11 is 0. The maximum Gasteiger partial charge on any atom is 0.250 e. The van der Waals surface area contributed by atoms with E-state index in [2.05, 4.69) is 11.1 Å². The molecule has 0 amide bonds. The maximum absolute atomic E-state index is 14.4. The number of anilines is 1. The number of aromatic amines is 1. The van der Waals surface area contributed by atoms with Gasteiger partial charge in [0.2, 0.25) is 5.82 Å². The molecule has 0 fully saturated rings. The first-order valence-electron chi connectivity index (χ1n) is 7.50. The number of hydrogen-bond donors (Lipinski definition) is 2. The van der Waals surface area contributed by atoms with Gasteiger partial charge in [0.25, 0.3) is 5.65 Å². The zero-order chi connectivity index (χ0) is 17.6. The van der Waals surface area contributed by atoms with Gasteiger partial charge in [-0.3, -0.25) is 4.98 Å². The Labute approximate surface area is 142 Å². The minimum absolute atomic E-state index is 0.0731. The molecule has 5 nitrogen and oxygen atoms in total. The average Bonchev–Trinajstić information content (AvgIpc) is 3.01. The number of pyridine rings is 1. The van der Waals surface area contributed by atoms with Crippen molar-refractivity contribution in [3.63, 3.8) is 0 Å². The van der Waals surface area contributed by atoms with Gasteiger partial charge in [-0.1, -0.05) is 30.3 Å². The molecule has 118 valence electrons. The number of nitriles is 2. The molecule has 0 atom stereocenters. The molecule has 4 rings (SSSR count). The van der Waals surface area contributed by atoms with Gasteiger partial charge in [-0.15, -0.1) is 0 Å². The van der Waals surface area contributed by atoms with Crippen LogP contribution >= 0.6 is 0 Å². The zero-order valence-electron chi connectivity index (χ0n) is 12.9. The summed E-state index contributed by atoms with van der Waals surface area (Å²) in [6.07, 6.45) is 0. The van der Waals surface area contributed by atoms with Crippen molar-refractivity contribution in [2.45, 2.75) is 0 Å². The predicted molar refractivity (Wildman–Crippen MR) is 90.7 cm³/mol. The third kappa shape index (κ3) is 1.95. The Morgan fingerprint density at radius 3 is 2.36 bits per heavy atom. The van der Waals surface area contributed by atoms with E-state index in [0.29, 0.717) is 5.65 Å². The molecule has 2 aromatic carbocycles. The van der Waals surface area contributed by atoms with Gasteiger partial charge in [-0.2, -0.15) is 14.9 Å². The Bertz CT molecular complexity index is 1240. The molecular weight excluding hydrogens is 317 g/mol. The summed E-state index contributed by atoms with van der Waals surface area (Å²) in [7, 11) is 0. The van der Waals surface area contributed by atoms with Gasteiger partial charge in [0.1, 0.15) is 40.1 Å². The number of aromatic nitrogens is 2. The smallest absolute Gasteiger partial charge is 0.250 e. The molecule has 0 unspecified atom stereocenters. The van der Waals surface area contributed by atoms with Crippen LogP contribution in [0, 0.1) is 28.5 Å². The highest BCUT2D eigenvalue weighted by atomic mass is 19.1. The summed E-state index contributed by atoms with van der Waals surface area (Å²) < 4.78 is 16.0. The fraction of sp³-hybridized carbons (Fsp3) is 0. The number of imidazole rings is 1. The van der Waals surface area contributed by atoms with Crippen molar-refractivity contribution < 1.29 is 8.79 Å². The van der Waals surface area contributed by atoms with E-state index in [1.54, 1.807) is 16.5 Å². The molecule has 0 spiro atoms. The summed E-state index contributed by atoms with van der Waals surface area (Å²) in [5.41, 5.74) is 8.79. The number of hydrogen-bond acceptors (Lipinski definition) is 3. The fourth-order valence-electron chi connectivity index (χ4n) is 3.14. The average molecular weight is 328 g/mol. The van der Waals surface area contributed by atoms with Gasteiger partial charge in [0, 0.05) is 11.1 Å². The molecule has 25 heavy (non-hydrogen) atoms. The van der Waals surface area contributed by atoms with Crippen molar-refractivity contribution in [3.05, 3.63) is 65.5 Å². The molecule has 6 heteroatoms. The van der Waals surface area contributed by atoms with Crippen LogP contribution in [-0.2, 0) is 0 Å². The fourth-order valence-corrected chi connectivity index (χ4v) is 3.14. The highest BCUT2D eigenvalue weighted by Gasteiger charge is 2.27. The van der Waals surface area contributed by atoms with E-state index in [1.165, 1.54) is 12.1 Å². The van der Waals surface area contributed by atoms with Crippen LogP contribution in [0.3, 0.4) is 0 Å². The standard InChI is InChI=1S/C19H10FN5/c20-14-6-2-1-5-11(14)17-12(9-21)18(23)25-16-8-4-3-7-15(16)24-19(25)13(17)10-22/h1-8H,(H2,23,24)/p+1. The van der Waals surface area contributed by atoms with Crippen LogP contribution < -0.4 is 10.1 Å². The largest absolute Gasteiger partial charge is 0.317 e. The van der Waals surface area contributed by atoms with Crippen LogP contribution in [0.5, 0.6) is 0 Å². The Morgan fingerprint density at radius 1 is 0.960 bits per heavy atom. The first-order valence-corrected chi connectivity index (χ1v) is 7.50. The number of rotatable bonds is 1. The second-order valence-corrected chi connectivity index (χ2v) is 5.54. The Morgan fingerprint density at radius 2 is 1.64 bits per heavy atom. The van der Waals surface area contributed by atoms with Crippen LogP contribution in [0.25, 0.3) is 27.8 Å². The van der Waals surface area contributed by atoms with E-state index in [0.717, 1.165) is 11.0 Å². The summed E-state index contributed by atoms with van der Waals surface area (Å²) in [6.45, 7) is 0. The van der Waals surface area contributed by atoms with Crippen LogP contribution in [0.2, 0.25) is 0 Å². The molecule has 2 heterocycles. The summed E-state index contributed by atoms with van der Waals surface area (Å²) in [4.78, 5) is 3.15. The van der Waals surface area contributed by atoms with Gasteiger partial charge < -0.3 is 5.73 Å². The first kappa shape index (κ1) is 14.7. The lowest BCUT2D eigenvalue weighted by Gasteiger charge is -2.09. The number of H-pyrrole nitrogens is 1. The highest BCUT2D eigenvalue weighted by Crippen LogP contribution is 2.33. The molecule has 0 saturated heterocycles. The molecule has 2 aromatic heterocycles. The number of halogens is 1. The monoisotopic (exact) mass is 328 g/mol. The molecule has 0 bridgehead atoms. The lowest BCUT2D eigenvalue weighted by Crippen LogP contribution is -2.28. The van der Waals surface area contributed by atoms with Crippen LogP contribution in [-0.4, -0.2) is 4.98 Å². The lowest BCUT2D eigenvalue weighted by molar-refractivity contribution is -0.464. The number of nitrogen functional groups attached to an aromatic ring is 1. The molecule has 0 saturated carbocycles. The maximum atomic E-state index is 14.4. The van der Waals surface area contributed by atoms with Crippen molar-refractivity contribution in [1.82, 2.24) is 4.98 Å². The quantitative estimate of drug-likeness (QED) is 0.526. The summed E-state index contributed by atoms with van der Waals surface area (Å²) in [5.74, 6) is -0.359. The van der Waals surface area contributed by atoms with E-state index in [1.807, 2.05) is 30.3 Å². The third-order valence-corrected chi connectivity index (χ3v) is 4.22. The summed E-state index contributed by atoms with van der Waals surface area (Å²) in [6, 6.07) is 17.5. The van der Waals surface area contributed by atoms with Crippen LogP contribution in [0.4, 0.5) is 10.2 Å². The van der Waals surface area contributed by atoms with Crippen LogP contribution in [0.15, 0.2) is 48.5 Å². The Kier molecular flexibility index (Phi) is 3.13. The van der Waals surface area contributed by atoms with Crippen molar-refractivity contribution in [2.24, 2.45) is 0 Å². The van der Waals surface area contributed by atoms with E-state index >= 15 is 0 Å². The molecule has 4 aromatic rings. The van der Waals surface area contributed by atoms with Gasteiger partial charge >= 0.3 is 0 Å². The minimum Gasteiger partial charge on any atom is -0.317 e. The number of benzene rings is 2.